The smallest absolute Gasteiger partial charge is 0.237 e. The van der Waals surface area contributed by atoms with Gasteiger partial charge in [-0.05, 0) is 24.6 Å². The molecule has 2 aromatic heterocycles. The quantitative estimate of drug-likeness (QED) is 0.496. The van der Waals surface area contributed by atoms with Crippen LogP contribution < -0.4 is 0 Å². The number of nitrogens with zero attached hydrogens (tertiary/aromatic N) is 4. The van der Waals surface area contributed by atoms with Crippen LogP contribution in [-0.2, 0) is 5.75 Å². The van der Waals surface area contributed by atoms with Crippen LogP contribution >= 0.6 is 11.8 Å². The van der Waals surface area contributed by atoms with Crippen molar-refractivity contribution in [3.05, 3.63) is 78.4 Å². The number of thioether (sulfide) groups is 1. The fourth-order valence-corrected chi connectivity index (χ4v) is 3.33. The first-order valence-corrected chi connectivity index (χ1v) is 8.89. The maximum atomic E-state index is 5.36. The van der Waals surface area contributed by atoms with E-state index in [0.717, 1.165) is 16.4 Å². The van der Waals surface area contributed by atoms with E-state index in [1.807, 2.05) is 42.6 Å². The molecule has 2 heterocycles. The van der Waals surface area contributed by atoms with E-state index < -0.39 is 0 Å². The number of benzene rings is 2. The Morgan fingerprint density at radius 2 is 1.96 bits per heavy atom. The monoisotopic (exact) mass is 348 g/mol. The molecule has 0 amide bonds. The molecule has 0 aliphatic carbocycles. The first-order valence-electron chi connectivity index (χ1n) is 7.91. The number of aromatic nitrogens is 4. The lowest BCUT2D eigenvalue weighted by molar-refractivity contribution is 0.391. The molecule has 0 aliphatic rings. The molecule has 0 bridgehead atoms. The van der Waals surface area contributed by atoms with Gasteiger partial charge in [-0.2, -0.15) is 4.98 Å². The minimum Gasteiger partial charge on any atom is -0.338 e. The summed E-state index contributed by atoms with van der Waals surface area (Å²) in [7, 11) is 0. The fraction of sp³-hybridized carbons (Fsp3) is 0.105. The van der Waals surface area contributed by atoms with Crippen LogP contribution in [0.3, 0.4) is 0 Å². The Bertz CT molecular complexity index is 978. The molecule has 0 saturated heterocycles. The summed E-state index contributed by atoms with van der Waals surface area (Å²) in [5, 5.41) is 4.95. The topological polar surface area (TPSA) is 56.7 Å². The van der Waals surface area contributed by atoms with E-state index in [9.17, 15) is 0 Å². The van der Waals surface area contributed by atoms with Crippen LogP contribution in [0.5, 0.6) is 0 Å². The van der Waals surface area contributed by atoms with Crippen molar-refractivity contribution in [1.82, 2.24) is 19.7 Å². The van der Waals surface area contributed by atoms with Gasteiger partial charge in [0.2, 0.25) is 11.7 Å². The van der Waals surface area contributed by atoms with Crippen molar-refractivity contribution in [3.8, 4) is 17.1 Å². The molecule has 2 aromatic carbocycles. The van der Waals surface area contributed by atoms with Gasteiger partial charge in [-0.1, -0.05) is 59.4 Å². The van der Waals surface area contributed by atoms with Crippen molar-refractivity contribution >= 4 is 11.8 Å². The van der Waals surface area contributed by atoms with Crippen LogP contribution in [0.15, 0.2) is 76.7 Å². The molecule has 0 aliphatic heterocycles. The van der Waals surface area contributed by atoms with Gasteiger partial charge in [-0.3, -0.25) is 4.57 Å². The molecule has 0 N–H and O–H groups in total. The SMILES string of the molecule is Cc1cccc(-n2ccnc2SCc2nc(-c3ccccc3)no2)c1. The summed E-state index contributed by atoms with van der Waals surface area (Å²) < 4.78 is 7.42. The maximum Gasteiger partial charge on any atom is 0.237 e. The zero-order valence-corrected chi connectivity index (χ0v) is 14.5. The lowest BCUT2D eigenvalue weighted by atomic mass is 10.2. The highest BCUT2D eigenvalue weighted by Crippen LogP contribution is 2.25. The van der Waals surface area contributed by atoms with Gasteiger partial charge in [0.15, 0.2) is 5.16 Å². The molecule has 4 aromatic rings. The van der Waals surface area contributed by atoms with Crippen LogP contribution in [0.1, 0.15) is 11.5 Å². The van der Waals surface area contributed by atoms with E-state index in [1.165, 1.54) is 5.56 Å². The first-order chi connectivity index (χ1) is 12.3. The summed E-state index contributed by atoms with van der Waals surface area (Å²) in [4.78, 5) is 8.90. The van der Waals surface area contributed by atoms with Crippen molar-refractivity contribution in [1.29, 1.82) is 0 Å². The average Bonchev–Trinajstić information content (AvgIpc) is 3.30. The van der Waals surface area contributed by atoms with Crippen molar-refractivity contribution in [3.63, 3.8) is 0 Å². The molecular weight excluding hydrogens is 332 g/mol. The van der Waals surface area contributed by atoms with Gasteiger partial charge in [0.05, 0.1) is 5.75 Å². The van der Waals surface area contributed by atoms with Gasteiger partial charge in [-0.15, -0.1) is 0 Å². The minimum atomic E-state index is 0.572. The molecule has 124 valence electrons. The van der Waals surface area contributed by atoms with E-state index >= 15 is 0 Å². The number of imidazole rings is 1. The van der Waals surface area contributed by atoms with Crippen LogP contribution in [-0.4, -0.2) is 19.7 Å². The summed E-state index contributed by atoms with van der Waals surface area (Å²) in [6.07, 6.45) is 3.76. The van der Waals surface area contributed by atoms with E-state index in [0.29, 0.717) is 17.5 Å². The van der Waals surface area contributed by atoms with Crippen LogP contribution in [0.25, 0.3) is 17.1 Å². The maximum absolute atomic E-state index is 5.36. The molecular formula is C19H16N4OS. The lowest BCUT2D eigenvalue weighted by Crippen LogP contribution is -1.95. The Balaban J connectivity index is 1.50. The largest absolute Gasteiger partial charge is 0.338 e. The average molecular weight is 348 g/mol. The third kappa shape index (κ3) is 3.49. The Labute approximate surface area is 149 Å². The van der Waals surface area contributed by atoms with Crippen molar-refractivity contribution in [2.75, 3.05) is 0 Å². The van der Waals surface area contributed by atoms with Crippen LogP contribution in [0.4, 0.5) is 0 Å². The van der Waals surface area contributed by atoms with Crippen molar-refractivity contribution in [2.24, 2.45) is 0 Å². The summed E-state index contributed by atoms with van der Waals surface area (Å²) in [6, 6.07) is 18.1. The second kappa shape index (κ2) is 6.94. The summed E-state index contributed by atoms with van der Waals surface area (Å²) in [6.45, 7) is 2.08. The number of rotatable bonds is 5. The van der Waals surface area contributed by atoms with E-state index in [-0.39, 0.29) is 0 Å². The summed E-state index contributed by atoms with van der Waals surface area (Å²) >= 11 is 1.57. The second-order valence-electron chi connectivity index (χ2n) is 5.59. The Kier molecular flexibility index (Phi) is 4.35. The van der Waals surface area contributed by atoms with Gasteiger partial charge in [0, 0.05) is 23.6 Å². The zero-order valence-electron chi connectivity index (χ0n) is 13.7. The van der Waals surface area contributed by atoms with E-state index in [2.05, 4.69) is 44.8 Å². The zero-order chi connectivity index (χ0) is 17.1. The van der Waals surface area contributed by atoms with Crippen molar-refractivity contribution < 1.29 is 4.52 Å². The van der Waals surface area contributed by atoms with Gasteiger partial charge in [0.25, 0.3) is 0 Å². The van der Waals surface area contributed by atoms with Gasteiger partial charge in [-0.25, -0.2) is 4.98 Å². The first kappa shape index (κ1) is 15.7. The fourth-order valence-electron chi connectivity index (χ4n) is 2.52. The van der Waals surface area contributed by atoms with Crippen molar-refractivity contribution in [2.45, 2.75) is 17.8 Å². The standard InChI is InChI=1S/C19H16N4OS/c1-14-6-5-9-16(12-14)23-11-10-20-19(23)25-13-17-21-18(22-24-17)15-7-3-2-4-8-15/h2-12H,13H2,1H3. The molecule has 25 heavy (non-hydrogen) atoms. The Morgan fingerprint density at radius 3 is 2.80 bits per heavy atom. The number of hydrogen-bond acceptors (Lipinski definition) is 5. The third-order valence-electron chi connectivity index (χ3n) is 3.71. The second-order valence-corrected chi connectivity index (χ2v) is 6.53. The molecule has 5 nitrogen and oxygen atoms in total. The number of aryl methyl sites for hydroxylation is 1. The van der Waals surface area contributed by atoms with Gasteiger partial charge < -0.3 is 4.52 Å². The lowest BCUT2D eigenvalue weighted by Gasteiger charge is -2.07. The Morgan fingerprint density at radius 1 is 1.08 bits per heavy atom. The molecule has 0 spiro atoms. The van der Waals surface area contributed by atoms with Gasteiger partial charge >= 0.3 is 0 Å². The predicted molar refractivity (Wildman–Crippen MR) is 97.6 cm³/mol. The summed E-state index contributed by atoms with van der Waals surface area (Å²) in [5.74, 6) is 1.77. The summed E-state index contributed by atoms with van der Waals surface area (Å²) in [5.41, 5.74) is 3.26. The molecule has 0 atom stereocenters. The Hall–Kier alpha value is -2.86. The predicted octanol–water partition coefficient (Wildman–Crippen LogP) is 4.52. The van der Waals surface area contributed by atoms with Crippen LogP contribution in [0, 0.1) is 6.92 Å². The number of hydrogen-bond donors (Lipinski definition) is 0. The molecule has 4 rings (SSSR count). The molecule has 6 heteroatoms. The molecule has 0 saturated carbocycles. The molecule has 0 fully saturated rings. The highest BCUT2D eigenvalue weighted by Gasteiger charge is 2.11. The highest BCUT2D eigenvalue weighted by atomic mass is 32.2. The van der Waals surface area contributed by atoms with E-state index in [1.54, 1.807) is 18.0 Å². The highest BCUT2D eigenvalue weighted by molar-refractivity contribution is 7.98. The molecule has 0 unspecified atom stereocenters. The minimum absolute atomic E-state index is 0.572. The third-order valence-corrected chi connectivity index (χ3v) is 4.66. The molecule has 0 radical (unpaired) electrons. The van der Waals surface area contributed by atoms with E-state index in [4.69, 9.17) is 4.52 Å². The van der Waals surface area contributed by atoms with Gasteiger partial charge in [0.1, 0.15) is 0 Å². The van der Waals surface area contributed by atoms with Crippen LogP contribution in [0.2, 0.25) is 0 Å². The normalized spacial score (nSPS) is 10.9.